The van der Waals surface area contributed by atoms with Gasteiger partial charge in [-0.2, -0.15) is 11.8 Å². The highest BCUT2D eigenvalue weighted by atomic mass is 32.2. The monoisotopic (exact) mass is 345 g/mol. The molecule has 7 heteroatoms. The van der Waals surface area contributed by atoms with Crippen LogP contribution in [0.2, 0.25) is 0 Å². The van der Waals surface area contributed by atoms with Crippen molar-refractivity contribution < 1.29 is 4.79 Å². The normalized spacial score (nSPS) is 19.6. The minimum absolute atomic E-state index is 0.0258. The first-order chi connectivity index (χ1) is 11.6. The van der Waals surface area contributed by atoms with E-state index in [1.807, 2.05) is 47.9 Å². The number of nitrogens with zero attached hydrogens (tertiary/aromatic N) is 4. The lowest BCUT2D eigenvalue weighted by molar-refractivity contribution is 0.180. The molecule has 1 fully saturated rings. The minimum Gasteiger partial charge on any atom is -0.331 e. The van der Waals surface area contributed by atoms with Gasteiger partial charge >= 0.3 is 6.03 Å². The zero-order chi connectivity index (χ0) is 16.9. The summed E-state index contributed by atoms with van der Waals surface area (Å²) in [4.78, 5) is 14.5. The largest absolute Gasteiger partial charge is 0.331 e. The lowest BCUT2D eigenvalue weighted by Gasteiger charge is -2.28. The molecule has 1 aliphatic rings. The summed E-state index contributed by atoms with van der Waals surface area (Å²) in [5.74, 6) is 2.14. The van der Waals surface area contributed by atoms with Crippen LogP contribution < -0.4 is 5.32 Å². The van der Waals surface area contributed by atoms with Crippen LogP contribution in [0.4, 0.5) is 4.79 Å². The van der Waals surface area contributed by atoms with E-state index in [9.17, 15) is 4.79 Å². The molecule has 128 valence electrons. The first-order valence-electron chi connectivity index (χ1n) is 8.26. The first-order valence-corrected chi connectivity index (χ1v) is 9.42. The van der Waals surface area contributed by atoms with Gasteiger partial charge in [0.1, 0.15) is 0 Å². The maximum atomic E-state index is 12.6. The summed E-state index contributed by atoms with van der Waals surface area (Å²) in [5.41, 5.74) is 2.03. The molecule has 2 heterocycles. The number of carbonyl (C=O) groups is 1. The number of urea groups is 1. The summed E-state index contributed by atoms with van der Waals surface area (Å²) in [6.07, 6.45) is 4.51. The summed E-state index contributed by atoms with van der Waals surface area (Å²) >= 11 is 1.92. The van der Waals surface area contributed by atoms with Gasteiger partial charge in [0.15, 0.2) is 0 Å². The van der Waals surface area contributed by atoms with Crippen LogP contribution in [0.25, 0.3) is 5.69 Å². The zero-order valence-electron chi connectivity index (χ0n) is 14.1. The van der Waals surface area contributed by atoms with Gasteiger partial charge in [0, 0.05) is 18.3 Å². The highest BCUT2D eigenvalue weighted by Gasteiger charge is 2.23. The van der Waals surface area contributed by atoms with Crippen molar-refractivity contribution in [1.82, 2.24) is 25.2 Å². The van der Waals surface area contributed by atoms with Crippen molar-refractivity contribution in [2.75, 3.05) is 18.1 Å². The lowest BCUT2D eigenvalue weighted by Crippen LogP contribution is -2.46. The molecule has 1 aliphatic heterocycles. The van der Waals surface area contributed by atoms with Crippen LogP contribution in [-0.4, -0.2) is 50.0 Å². The molecule has 1 aromatic heterocycles. The van der Waals surface area contributed by atoms with E-state index in [-0.39, 0.29) is 12.1 Å². The SMILES string of the molecule is C[C@H](NC(=O)N1CCSCC[C@@H]1C)c1ccc(-n2ccnn2)cc1. The van der Waals surface area contributed by atoms with Crippen LogP contribution >= 0.6 is 11.8 Å². The first kappa shape index (κ1) is 16.8. The van der Waals surface area contributed by atoms with Crippen LogP contribution in [0.15, 0.2) is 36.7 Å². The van der Waals surface area contributed by atoms with E-state index in [0.717, 1.165) is 35.7 Å². The van der Waals surface area contributed by atoms with Gasteiger partial charge in [0.25, 0.3) is 0 Å². The van der Waals surface area contributed by atoms with E-state index >= 15 is 0 Å². The summed E-state index contributed by atoms with van der Waals surface area (Å²) in [6, 6.07) is 8.29. The number of nitrogens with one attached hydrogen (secondary N) is 1. The number of benzene rings is 1. The molecule has 0 radical (unpaired) electrons. The molecule has 1 saturated heterocycles. The Bertz CT molecular complexity index is 658. The topological polar surface area (TPSA) is 63.1 Å². The number of hydrogen-bond donors (Lipinski definition) is 1. The third-order valence-corrected chi connectivity index (χ3v) is 5.37. The molecule has 2 amide bonds. The summed E-state index contributed by atoms with van der Waals surface area (Å²) in [5, 5.41) is 10.9. The fraction of sp³-hybridized carbons (Fsp3) is 0.471. The predicted octanol–water partition coefficient (Wildman–Crippen LogP) is 2.87. The second-order valence-corrected chi connectivity index (χ2v) is 7.28. The van der Waals surface area contributed by atoms with Crippen LogP contribution in [0, 0.1) is 0 Å². The summed E-state index contributed by atoms with van der Waals surface area (Å²) in [6.45, 7) is 4.96. The quantitative estimate of drug-likeness (QED) is 0.929. The average Bonchev–Trinajstić information content (AvgIpc) is 3.04. The molecular weight excluding hydrogens is 322 g/mol. The van der Waals surface area contributed by atoms with E-state index in [4.69, 9.17) is 0 Å². The Morgan fingerprint density at radius 1 is 1.33 bits per heavy atom. The number of hydrogen-bond acceptors (Lipinski definition) is 4. The van der Waals surface area contributed by atoms with E-state index in [1.54, 1.807) is 17.1 Å². The highest BCUT2D eigenvalue weighted by molar-refractivity contribution is 7.99. The van der Waals surface area contributed by atoms with E-state index < -0.39 is 0 Å². The molecule has 0 bridgehead atoms. The summed E-state index contributed by atoms with van der Waals surface area (Å²) in [7, 11) is 0. The van der Waals surface area contributed by atoms with Crippen molar-refractivity contribution in [2.24, 2.45) is 0 Å². The molecule has 0 spiro atoms. The lowest BCUT2D eigenvalue weighted by atomic mass is 10.1. The van der Waals surface area contributed by atoms with E-state index in [2.05, 4.69) is 22.6 Å². The molecule has 2 atom stereocenters. The molecule has 1 aromatic carbocycles. The molecule has 24 heavy (non-hydrogen) atoms. The molecule has 0 aliphatic carbocycles. The van der Waals surface area contributed by atoms with Crippen LogP contribution in [0.1, 0.15) is 31.9 Å². The van der Waals surface area contributed by atoms with Crippen molar-refractivity contribution in [3.8, 4) is 5.69 Å². The Balaban J connectivity index is 1.63. The Morgan fingerprint density at radius 2 is 2.12 bits per heavy atom. The Morgan fingerprint density at radius 3 is 2.83 bits per heavy atom. The van der Waals surface area contributed by atoms with Gasteiger partial charge in [0.2, 0.25) is 0 Å². The van der Waals surface area contributed by atoms with Gasteiger partial charge in [-0.1, -0.05) is 17.3 Å². The molecule has 0 saturated carbocycles. The second-order valence-electron chi connectivity index (χ2n) is 6.05. The van der Waals surface area contributed by atoms with Gasteiger partial charge in [-0.15, -0.1) is 5.10 Å². The fourth-order valence-corrected chi connectivity index (χ4v) is 3.85. The van der Waals surface area contributed by atoms with Crippen LogP contribution in [0.3, 0.4) is 0 Å². The van der Waals surface area contributed by atoms with Gasteiger partial charge < -0.3 is 10.2 Å². The minimum atomic E-state index is -0.0367. The molecular formula is C17H23N5OS. The van der Waals surface area contributed by atoms with Gasteiger partial charge in [-0.05, 0) is 43.7 Å². The average molecular weight is 345 g/mol. The number of rotatable bonds is 3. The van der Waals surface area contributed by atoms with Crippen LogP contribution in [0.5, 0.6) is 0 Å². The van der Waals surface area contributed by atoms with E-state index in [1.165, 1.54) is 0 Å². The van der Waals surface area contributed by atoms with Crippen molar-refractivity contribution >= 4 is 17.8 Å². The highest BCUT2D eigenvalue weighted by Crippen LogP contribution is 2.19. The third-order valence-electron chi connectivity index (χ3n) is 4.37. The van der Waals surface area contributed by atoms with Gasteiger partial charge in [-0.25, -0.2) is 9.48 Å². The zero-order valence-corrected chi connectivity index (χ0v) is 14.9. The van der Waals surface area contributed by atoms with Gasteiger partial charge in [0.05, 0.1) is 24.1 Å². The molecule has 3 rings (SSSR count). The Labute approximate surface area is 146 Å². The fourth-order valence-electron chi connectivity index (χ4n) is 2.81. The molecule has 6 nitrogen and oxygen atoms in total. The van der Waals surface area contributed by atoms with Crippen LogP contribution in [-0.2, 0) is 0 Å². The predicted molar refractivity (Wildman–Crippen MR) is 96.4 cm³/mol. The smallest absolute Gasteiger partial charge is 0.318 e. The van der Waals surface area contributed by atoms with Crippen molar-refractivity contribution in [2.45, 2.75) is 32.4 Å². The maximum absolute atomic E-state index is 12.6. The molecule has 0 unspecified atom stereocenters. The second kappa shape index (κ2) is 7.70. The standard InChI is InChI=1S/C17H23N5OS/c1-13-7-11-24-12-10-21(13)17(23)19-14(2)15-3-5-16(6-4-15)22-9-8-18-20-22/h3-6,8-9,13-14H,7,10-12H2,1-2H3,(H,19,23)/t13-,14-/m0/s1. The summed E-state index contributed by atoms with van der Waals surface area (Å²) < 4.78 is 1.71. The number of carbonyl (C=O) groups excluding carboxylic acids is 1. The van der Waals surface area contributed by atoms with Gasteiger partial charge in [-0.3, -0.25) is 0 Å². The maximum Gasteiger partial charge on any atom is 0.318 e. The van der Waals surface area contributed by atoms with Crippen molar-refractivity contribution in [3.05, 3.63) is 42.2 Å². The number of aromatic nitrogens is 3. The molecule has 1 N–H and O–H groups in total. The number of thioether (sulfide) groups is 1. The van der Waals surface area contributed by atoms with Crippen molar-refractivity contribution in [1.29, 1.82) is 0 Å². The van der Waals surface area contributed by atoms with E-state index in [0.29, 0.717) is 6.04 Å². The third kappa shape index (κ3) is 3.90. The Hall–Kier alpha value is -2.02. The Kier molecular flexibility index (Phi) is 5.40. The van der Waals surface area contributed by atoms with Crippen molar-refractivity contribution in [3.63, 3.8) is 0 Å². The molecule has 2 aromatic rings. The number of amides is 2.